The molecule has 31 heavy (non-hydrogen) atoms. The highest BCUT2D eigenvalue weighted by atomic mass is 16.7. The molecule has 0 aliphatic carbocycles. The number of para-hydroxylation sites is 1. The Morgan fingerprint density at radius 3 is 2.65 bits per heavy atom. The van der Waals surface area contributed by atoms with Crippen LogP contribution in [0.25, 0.3) is 10.9 Å². The van der Waals surface area contributed by atoms with Crippen molar-refractivity contribution in [1.82, 2.24) is 14.8 Å². The van der Waals surface area contributed by atoms with Crippen molar-refractivity contribution in [3.8, 4) is 11.5 Å². The molecule has 0 unspecified atom stereocenters. The molecule has 5 rings (SSSR count). The number of piperazine rings is 1. The van der Waals surface area contributed by atoms with Crippen LogP contribution < -0.4 is 14.8 Å². The summed E-state index contributed by atoms with van der Waals surface area (Å²) >= 11 is 0. The van der Waals surface area contributed by atoms with Gasteiger partial charge in [-0.05, 0) is 29.8 Å². The zero-order valence-corrected chi connectivity index (χ0v) is 16.9. The van der Waals surface area contributed by atoms with Gasteiger partial charge in [0.15, 0.2) is 11.5 Å². The molecule has 0 atom stereocenters. The normalized spacial score (nSPS) is 15.8. The molecule has 1 fully saturated rings. The van der Waals surface area contributed by atoms with Crippen molar-refractivity contribution in [1.29, 1.82) is 0 Å². The predicted octanol–water partition coefficient (Wildman–Crippen LogP) is 2.25. The quantitative estimate of drug-likeness (QED) is 0.657. The molecule has 2 aromatic carbocycles. The Morgan fingerprint density at radius 2 is 1.77 bits per heavy atom. The van der Waals surface area contributed by atoms with Crippen LogP contribution in [0.3, 0.4) is 0 Å². The van der Waals surface area contributed by atoms with E-state index in [0.29, 0.717) is 37.4 Å². The lowest BCUT2D eigenvalue weighted by Crippen LogP contribution is -2.51. The molecule has 0 saturated carbocycles. The molecule has 0 radical (unpaired) electrons. The van der Waals surface area contributed by atoms with Gasteiger partial charge in [0, 0.05) is 44.3 Å². The van der Waals surface area contributed by atoms with E-state index in [1.165, 1.54) is 0 Å². The van der Waals surface area contributed by atoms with Gasteiger partial charge in [0.2, 0.25) is 6.79 Å². The van der Waals surface area contributed by atoms with Crippen LogP contribution in [-0.2, 0) is 16.1 Å². The highest BCUT2D eigenvalue weighted by Gasteiger charge is 2.26. The van der Waals surface area contributed by atoms with E-state index in [9.17, 15) is 9.59 Å². The molecular formula is C23H22N4O4. The van der Waals surface area contributed by atoms with E-state index >= 15 is 0 Å². The van der Waals surface area contributed by atoms with E-state index in [4.69, 9.17) is 9.47 Å². The van der Waals surface area contributed by atoms with Crippen LogP contribution in [0.2, 0.25) is 0 Å². The highest BCUT2D eigenvalue weighted by molar-refractivity contribution is 6.40. The van der Waals surface area contributed by atoms with Gasteiger partial charge in [0.05, 0.1) is 11.2 Å². The SMILES string of the molecule is O=C(Nc1cccc2cccnc12)C(=O)N1CCN(Cc2ccc3c(c2)OCO3)CC1. The smallest absolute Gasteiger partial charge is 0.313 e. The van der Waals surface area contributed by atoms with E-state index in [-0.39, 0.29) is 6.79 Å². The molecule has 158 valence electrons. The summed E-state index contributed by atoms with van der Waals surface area (Å²) in [7, 11) is 0. The molecule has 8 nitrogen and oxygen atoms in total. The third-order valence-electron chi connectivity index (χ3n) is 5.58. The summed E-state index contributed by atoms with van der Waals surface area (Å²) in [6, 6.07) is 15.2. The molecule has 0 bridgehead atoms. The number of nitrogens with zero attached hydrogens (tertiary/aromatic N) is 3. The van der Waals surface area contributed by atoms with Gasteiger partial charge in [-0.3, -0.25) is 19.5 Å². The first kappa shape index (κ1) is 19.3. The van der Waals surface area contributed by atoms with Gasteiger partial charge >= 0.3 is 11.8 Å². The number of amides is 2. The number of ether oxygens (including phenoxy) is 2. The molecule has 0 spiro atoms. The Labute approximate surface area is 179 Å². The second kappa shape index (κ2) is 8.23. The van der Waals surface area contributed by atoms with Gasteiger partial charge < -0.3 is 19.7 Å². The maximum Gasteiger partial charge on any atom is 0.313 e. The zero-order chi connectivity index (χ0) is 21.2. The summed E-state index contributed by atoms with van der Waals surface area (Å²) in [6.45, 7) is 3.42. The van der Waals surface area contributed by atoms with Gasteiger partial charge in [-0.25, -0.2) is 0 Å². The second-order valence-corrected chi connectivity index (χ2v) is 7.59. The fourth-order valence-corrected chi connectivity index (χ4v) is 3.93. The average molecular weight is 418 g/mol. The number of pyridine rings is 1. The number of aromatic nitrogens is 1. The van der Waals surface area contributed by atoms with Crippen LogP contribution in [-0.4, -0.2) is 59.6 Å². The van der Waals surface area contributed by atoms with Gasteiger partial charge in [0.1, 0.15) is 0 Å². The highest BCUT2D eigenvalue weighted by Crippen LogP contribution is 2.32. The summed E-state index contributed by atoms with van der Waals surface area (Å²) < 4.78 is 10.8. The predicted molar refractivity (Wildman–Crippen MR) is 115 cm³/mol. The minimum atomic E-state index is -0.637. The first-order valence-corrected chi connectivity index (χ1v) is 10.2. The summed E-state index contributed by atoms with van der Waals surface area (Å²) in [4.78, 5) is 33.4. The van der Waals surface area contributed by atoms with Crippen LogP contribution in [0, 0.1) is 0 Å². The van der Waals surface area contributed by atoms with Crippen molar-refractivity contribution in [2.24, 2.45) is 0 Å². The minimum Gasteiger partial charge on any atom is -0.454 e. The zero-order valence-electron chi connectivity index (χ0n) is 16.9. The number of hydrogen-bond donors (Lipinski definition) is 1. The Hall–Kier alpha value is -3.65. The van der Waals surface area contributed by atoms with Crippen molar-refractivity contribution in [2.45, 2.75) is 6.54 Å². The summed E-state index contributed by atoms with van der Waals surface area (Å²) in [5, 5.41) is 3.63. The molecule has 3 heterocycles. The van der Waals surface area contributed by atoms with Crippen molar-refractivity contribution in [3.63, 3.8) is 0 Å². The Bertz CT molecular complexity index is 1140. The van der Waals surface area contributed by atoms with E-state index in [1.807, 2.05) is 42.5 Å². The van der Waals surface area contributed by atoms with Crippen LogP contribution in [0.4, 0.5) is 5.69 Å². The van der Waals surface area contributed by atoms with Gasteiger partial charge in [-0.2, -0.15) is 0 Å². The van der Waals surface area contributed by atoms with Crippen molar-refractivity contribution in [2.75, 3.05) is 38.3 Å². The van der Waals surface area contributed by atoms with E-state index in [2.05, 4.69) is 15.2 Å². The molecule has 1 saturated heterocycles. The minimum absolute atomic E-state index is 0.260. The van der Waals surface area contributed by atoms with Crippen molar-refractivity contribution >= 4 is 28.4 Å². The number of hydrogen-bond acceptors (Lipinski definition) is 6. The Kier molecular flexibility index (Phi) is 5.13. The summed E-state index contributed by atoms with van der Waals surface area (Å²) in [5.41, 5.74) is 2.34. The maximum absolute atomic E-state index is 12.7. The second-order valence-electron chi connectivity index (χ2n) is 7.59. The number of carbonyl (C=O) groups excluding carboxylic acids is 2. The summed E-state index contributed by atoms with van der Waals surface area (Å²) in [6.07, 6.45) is 1.67. The molecular weight excluding hydrogens is 396 g/mol. The van der Waals surface area contributed by atoms with Gasteiger partial charge in [-0.1, -0.05) is 24.3 Å². The van der Waals surface area contributed by atoms with Crippen LogP contribution in [0.15, 0.2) is 54.7 Å². The fourth-order valence-electron chi connectivity index (χ4n) is 3.93. The number of rotatable bonds is 3. The van der Waals surface area contributed by atoms with Crippen molar-refractivity contribution < 1.29 is 19.1 Å². The lowest BCUT2D eigenvalue weighted by atomic mass is 10.1. The first-order chi connectivity index (χ1) is 15.2. The van der Waals surface area contributed by atoms with Crippen LogP contribution in [0.5, 0.6) is 11.5 Å². The molecule has 1 N–H and O–H groups in total. The first-order valence-electron chi connectivity index (χ1n) is 10.2. The standard InChI is InChI=1S/C23H22N4O4/c28-22(25-18-5-1-3-17-4-2-8-24-21(17)18)23(29)27-11-9-26(10-12-27)14-16-6-7-19-20(13-16)31-15-30-19/h1-8,13H,9-12,14-15H2,(H,25,28). The van der Waals surface area contributed by atoms with E-state index in [1.54, 1.807) is 17.2 Å². The number of carbonyl (C=O) groups is 2. The monoisotopic (exact) mass is 418 g/mol. The lowest BCUT2D eigenvalue weighted by molar-refractivity contribution is -0.144. The number of benzene rings is 2. The average Bonchev–Trinajstić information content (AvgIpc) is 3.27. The number of fused-ring (bicyclic) bond motifs is 2. The largest absolute Gasteiger partial charge is 0.454 e. The number of anilines is 1. The molecule has 2 aliphatic rings. The van der Waals surface area contributed by atoms with Gasteiger partial charge in [0.25, 0.3) is 0 Å². The molecule has 2 amide bonds. The van der Waals surface area contributed by atoms with E-state index in [0.717, 1.165) is 29.0 Å². The summed E-state index contributed by atoms with van der Waals surface area (Å²) in [5.74, 6) is 0.385. The fraction of sp³-hybridized carbons (Fsp3) is 0.261. The van der Waals surface area contributed by atoms with Crippen molar-refractivity contribution in [3.05, 3.63) is 60.3 Å². The topological polar surface area (TPSA) is 84.0 Å². The van der Waals surface area contributed by atoms with Crippen LogP contribution >= 0.6 is 0 Å². The van der Waals surface area contributed by atoms with Crippen LogP contribution in [0.1, 0.15) is 5.56 Å². The third kappa shape index (κ3) is 4.02. The Morgan fingerprint density at radius 1 is 0.968 bits per heavy atom. The molecule has 8 heteroatoms. The molecule has 1 aromatic heterocycles. The van der Waals surface area contributed by atoms with Gasteiger partial charge in [-0.15, -0.1) is 0 Å². The Balaban J connectivity index is 1.17. The molecule has 2 aliphatic heterocycles. The number of nitrogens with one attached hydrogen (secondary N) is 1. The maximum atomic E-state index is 12.7. The third-order valence-corrected chi connectivity index (χ3v) is 5.58. The van der Waals surface area contributed by atoms with E-state index < -0.39 is 11.8 Å². The lowest BCUT2D eigenvalue weighted by Gasteiger charge is -2.34. The molecule has 3 aromatic rings.